The fraction of sp³-hybridized carbons (Fsp3) is 0.667. The first kappa shape index (κ1) is 21.8. The quantitative estimate of drug-likeness (QED) is 0.432. The lowest BCUT2D eigenvalue weighted by molar-refractivity contribution is -0.139. The van der Waals surface area contributed by atoms with Gasteiger partial charge in [-0.25, -0.2) is 17.6 Å². The second kappa shape index (κ2) is 7.96. The number of rotatable bonds is 8. The molecule has 0 radical (unpaired) electrons. The largest absolute Gasteiger partial charge is 0.416 e. The van der Waals surface area contributed by atoms with Gasteiger partial charge in [-0.05, 0) is 23.6 Å². The van der Waals surface area contributed by atoms with Crippen LogP contribution in [0.25, 0.3) is 0 Å². The molecule has 0 amide bonds. The Hall–Kier alpha value is -1.27. The highest BCUT2D eigenvalue weighted by molar-refractivity contribution is 5.43. The molecule has 0 saturated carbocycles. The third-order valence-electron chi connectivity index (χ3n) is 4.08. The van der Waals surface area contributed by atoms with Gasteiger partial charge in [-0.1, -0.05) is 38.8 Å². The van der Waals surface area contributed by atoms with Crippen LogP contribution in [-0.4, -0.2) is 11.8 Å². The number of benzene rings is 1. The van der Waals surface area contributed by atoms with Crippen LogP contribution in [-0.2, 0) is 19.0 Å². The molecule has 7 heteroatoms. The SMILES string of the molecule is CCCC(F)(F)Cc1ccc(CC(F)(F)CCC)c(C(F)(F)F)c1C. The molecule has 0 bridgehead atoms. The zero-order valence-electron chi connectivity index (χ0n) is 14.5. The standard InChI is InChI=1S/C18H23F7/c1-4-8-16(19,20)10-13-6-7-14(11-17(21,22)9-5-2)15(12(13)3)18(23,24)25/h6-7H,4-5,8-11H2,1-3H3. The summed E-state index contributed by atoms with van der Waals surface area (Å²) in [5, 5.41) is 0. The summed E-state index contributed by atoms with van der Waals surface area (Å²) in [6, 6.07) is 2.03. The lowest BCUT2D eigenvalue weighted by Gasteiger charge is -2.23. The van der Waals surface area contributed by atoms with Crippen LogP contribution in [0.15, 0.2) is 12.1 Å². The van der Waals surface area contributed by atoms with Gasteiger partial charge >= 0.3 is 6.18 Å². The molecule has 0 atom stereocenters. The second-order valence-corrected chi connectivity index (χ2v) is 6.45. The molecule has 0 aliphatic carbocycles. The van der Waals surface area contributed by atoms with Crippen LogP contribution in [0.1, 0.15) is 61.8 Å². The van der Waals surface area contributed by atoms with Crippen LogP contribution in [0.3, 0.4) is 0 Å². The molecule has 0 aliphatic heterocycles. The van der Waals surface area contributed by atoms with E-state index in [9.17, 15) is 30.7 Å². The first-order valence-corrected chi connectivity index (χ1v) is 8.27. The van der Waals surface area contributed by atoms with E-state index in [0.29, 0.717) is 0 Å². The molecule has 0 nitrogen and oxygen atoms in total. The van der Waals surface area contributed by atoms with Gasteiger partial charge in [-0.3, -0.25) is 0 Å². The zero-order valence-corrected chi connectivity index (χ0v) is 14.5. The molecule has 0 aliphatic rings. The van der Waals surface area contributed by atoms with E-state index < -0.39 is 60.4 Å². The number of hydrogen-bond acceptors (Lipinski definition) is 0. The summed E-state index contributed by atoms with van der Waals surface area (Å²) in [4.78, 5) is 0. The van der Waals surface area contributed by atoms with E-state index in [4.69, 9.17) is 0 Å². The lowest BCUT2D eigenvalue weighted by atomic mass is 9.89. The van der Waals surface area contributed by atoms with Crippen molar-refractivity contribution < 1.29 is 30.7 Å². The normalized spacial score (nSPS) is 13.4. The smallest absolute Gasteiger partial charge is 0.207 e. The average Bonchev–Trinajstić information content (AvgIpc) is 2.39. The molecule has 1 aromatic carbocycles. The van der Waals surface area contributed by atoms with Crippen LogP contribution in [0, 0.1) is 6.92 Å². The maximum atomic E-state index is 13.8. The zero-order chi connectivity index (χ0) is 19.5. The highest BCUT2D eigenvalue weighted by atomic mass is 19.4. The molecule has 0 heterocycles. The number of hydrogen-bond donors (Lipinski definition) is 0. The Morgan fingerprint density at radius 1 is 0.720 bits per heavy atom. The molecule has 0 fully saturated rings. The molecule has 0 unspecified atom stereocenters. The Kier molecular flexibility index (Phi) is 6.93. The lowest BCUT2D eigenvalue weighted by Crippen LogP contribution is -2.24. The third kappa shape index (κ3) is 6.19. The van der Waals surface area contributed by atoms with Crippen molar-refractivity contribution in [2.45, 2.75) is 77.3 Å². The van der Waals surface area contributed by atoms with Gasteiger partial charge in [-0.2, -0.15) is 13.2 Å². The van der Waals surface area contributed by atoms with Crippen molar-refractivity contribution in [2.75, 3.05) is 0 Å². The molecule has 1 rings (SSSR count). The Morgan fingerprint density at radius 3 is 1.52 bits per heavy atom. The monoisotopic (exact) mass is 372 g/mol. The van der Waals surface area contributed by atoms with Crippen molar-refractivity contribution in [3.05, 3.63) is 34.4 Å². The van der Waals surface area contributed by atoms with Gasteiger partial charge in [0.1, 0.15) is 0 Å². The summed E-state index contributed by atoms with van der Waals surface area (Å²) in [5.41, 5.74) is -2.32. The Bertz CT molecular complexity index is 574. The second-order valence-electron chi connectivity index (χ2n) is 6.45. The molecule has 0 spiro atoms. The summed E-state index contributed by atoms with van der Waals surface area (Å²) >= 11 is 0. The van der Waals surface area contributed by atoms with Gasteiger partial charge in [-0.15, -0.1) is 0 Å². The number of alkyl halides is 7. The van der Waals surface area contributed by atoms with Crippen LogP contribution in [0.2, 0.25) is 0 Å². The highest BCUT2D eigenvalue weighted by Gasteiger charge is 2.40. The molecular formula is C18H23F7. The summed E-state index contributed by atoms with van der Waals surface area (Å²) in [7, 11) is 0. The van der Waals surface area contributed by atoms with E-state index in [0.717, 1.165) is 19.1 Å². The van der Waals surface area contributed by atoms with Crippen LogP contribution >= 0.6 is 0 Å². The van der Waals surface area contributed by atoms with Crippen molar-refractivity contribution in [2.24, 2.45) is 0 Å². The van der Waals surface area contributed by atoms with Gasteiger partial charge in [0, 0.05) is 25.7 Å². The maximum absolute atomic E-state index is 13.8. The van der Waals surface area contributed by atoms with Crippen molar-refractivity contribution >= 4 is 0 Å². The molecular weight excluding hydrogens is 349 g/mol. The Labute approximate surface area is 143 Å². The van der Waals surface area contributed by atoms with Crippen LogP contribution in [0.4, 0.5) is 30.7 Å². The molecule has 25 heavy (non-hydrogen) atoms. The molecule has 1 aromatic rings. The minimum absolute atomic E-state index is 0.134. The summed E-state index contributed by atoms with van der Waals surface area (Å²) in [6.07, 6.45) is -7.40. The molecule has 0 N–H and O–H groups in total. The first-order valence-electron chi connectivity index (χ1n) is 8.27. The topological polar surface area (TPSA) is 0 Å². The van der Waals surface area contributed by atoms with Gasteiger partial charge in [0.15, 0.2) is 0 Å². The van der Waals surface area contributed by atoms with E-state index in [2.05, 4.69) is 0 Å². The molecule has 144 valence electrons. The van der Waals surface area contributed by atoms with Crippen molar-refractivity contribution in [1.29, 1.82) is 0 Å². The number of halogens is 7. The van der Waals surface area contributed by atoms with Gasteiger partial charge < -0.3 is 0 Å². The van der Waals surface area contributed by atoms with E-state index in [-0.39, 0.29) is 18.4 Å². The van der Waals surface area contributed by atoms with Crippen LogP contribution in [0.5, 0.6) is 0 Å². The minimum atomic E-state index is -4.88. The van der Waals surface area contributed by atoms with E-state index >= 15 is 0 Å². The van der Waals surface area contributed by atoms with Gasteiger partial charge in [0.25, 0.3) is 11.8 Å². The molecule has 0 aromatic heterocycles. The van der Waals surface area contributed by atoms with Crippen LogP contribution < -0.4 is 0 Å². The molecule has 0 saturated heterocycles. The van der Waals surface area contributed by atoms with E-state index in [1.807, 2.05) is 0 Å². The van der Waals surface area contributed by atoms with E-state index in [1.165, 1.54) is 6.92 Å². The Balaban J connectivity index is 3.32. The maximum Gasteiger partial charge on any atom is 0.416 e. The summed E-state index contributed by atoms with van der Waals surface area (Å²) in [5.74, 6) is -6.40. The van der Waals surface area contributed by atoms with Gasteiger partial charge in [0.2, 0.25) is 0 Å². The minimum Gasteiger partial charge on any atom is -0.207 e. The average molecular weight is 372 g/mol. The van der Waals surface area contributed by atoms with Crippen molar-refractivity contribution in [3.8, 4) is 0 Å². The van der Waals surface area contributed by atoms with Crippen molar-refractivity contribution in [3.63, 3.8) is 0 Å². The Morgan fingerprint density at radius 2 is 1.12 bits per heavy atom. The summed E-state index contributed by atoms with van der Waals surface area (Å²) < 4.78 is 95.4. The summed E-state index contributed by atoms with van der Waals surface area (Å²) in [6.45, 7) is 4.14. The predicted octanol–water partition coefficient (Wildman–Crippen LogP) is 6.97. The van der Waals surface area contributed by atoms with E-state index in [1.54, 1.807) is 6.92 Å². The van der Waals surface area contributed by atoms with Crippen molar-refractivity contribution in [1.82, 2.24) is 0 Å². The predicted molar refractivity (Wildman–Crippen MR) is 83.3 cm³/mol. The third-order valence-corrected chi connectivity index (χ3v) is 4.08. The van der Waals surface area contributed by atoms with Gasteiger partial charge in [0.05, 0.1) is 5.56 Å². The fourth-order valence-electron chi connectivity index (χ4n) is 3.01. The fourth-order valence-corrected chi connectivity index (χ4v) is 3.01. The highest BCUT2D eigenvalue weighted by Crippen LogP contribution is 2.40. The first-order chi connectivity index (χ1) is 11.3.